The third-order valence-electron chi connectivity index (χ3n) is 16.6. The number of Topliss-reactive ketones (excluding diaryl/α,β-unsaturated/α-hetero) is 1. The lowest BCUT2D eigenvalue weighted by Gasteiger charge is -2.48. The molecule has 15 atom stereocenters. The number of fused-ring (bicyclic) bond motifs is 1. The van der Waals surface area contributed by atoms with Crippen molar-refractivity contribution in [3.05, 3.63) is 77.6 Å². The van der Waals surface area contributed by atoms with Crippen molar-refractivity contribution in [2.45, 2.75) is 213 Å². The van der Waals surface area contributed by atoms with Crippen molar-refractivity contribution < 1.29 is 104 Å². The van der Waals surface area contributed by atoms with E-state index >= 15 is 0 Å². The first-order valence-electron chi connectivity index (χ1n) is 29.1. The lowest BCUT2D eigenvalue weighted by molar-refractivity contribution is -0.349. The Hall–Kier alpha value is -5.44. The summed E-state index contributed by atoms with van der Waals surface area (Å²) in [6, 6.07) is 12.4. The summed E-state index contributed by atoms with van der Waals surface area (Å²) in [5.74, 6) is -4.04. The number of ketones is 1. The molecule has 0 radical (unpaired) electrons. The SMILES string of the molecule is Cc1cc(S(=O)(=O)O)c2c(NC(=O)CCCCn3cc(CCCCC(=O)C4CC(C)C(OC5OC(C)C(O)C(O)C5O)C(OC5OC(CO)C(O)C(O[C@@H](CC6CCCCC6)C(=O)O)C5OC(=O)c5ccccc5)C4)nn3)ccc(S(=O)(=O)O)c2c1. The number of benzene rings is 3. The van der Waals surface area contributed by atoms with Crippen LogP contribution in [-0.4, -0.2) is 182 Å². The molecule has 474 valence electrons. The number of unbranched alkanes of at least 4 members (excludes halogenated alkanes) is 2. The van der Waals surface area contributed by atoms with Crippen LogP contribution < -0.4 is 5.32 Å². The Morgan fingerprint density at radius 3 is 2.17 bits per heavy atom. The number of ether oxygens (including phenoxy) is 6. The van der Waals surface area contributed by atoms with Crippen molar-refractivity contribution in [3.8, 4) is 0 Å². The van der Waals surface area contributed by atoms with Crippen molar-refractivity contribution in [1.29, 1.82) is 0 Å². The molecule has 4 aromatic rings. The molecule has 8 rings (SSSR count). The summed E-state index contributed by atoms with van der Waals surface area (Å²) in [5, 5.41) is 75.7. The van der Waals surface area contributed by atoms with Gasteiger partial charge in [-0.2, -0.15) is 16.8 Å². The summed E-state index contributed by atoms with van der Waals surface area (Å²) in [6.45, 7) is 4.32. The maximum Gasteiger partial charge on any atom is 0.338 e. The third kappa shape index (κ3) is 16.6. The van der Waals surface area contributed by atoms with Crippen LogP contribution in [0.2, 0.25) is 0 Å². The fourth-order valence-corrected chi connectivity index (χ4v) is 13.6. The molecule has 9 N–H and O–H groups in total. The van der Waals surface area contributed by atoms with E-state index in [9.17, 15) is 75.8 Å². The Bertz CT molecular complexity index is 3220. The van der Waals surface area contributed by atoms with E-state index in [4.69, 9.17) is 28.4 Å². The monoisotopic (exact) mass is 1250 g/mol. The number of aromatic nitrogens is 3. The van der Waals surface area contributed by atoms with Gasteiger partial charge in [-0.1, -0.05) is 62.4 Å². The van der Waals surface area contributed by atoms with Gasteiger partial charge < -0.3 is 64.4 Å². The van der Waals surface area contributed by atoms with Gasteiger partial charge in [0.1, 0.15) is 52.2 Å². The van der Waals surface area contributed by atoms with Crippen LogP contribution >= 0.6 is 0 Å². The molecule has 0 bridgehead atoms. The van der Waals surface area contributed by atoms with Gasteiger partial charge in [0, 0.05) is 42.3 Å². The molecule has 86 heavy (non-hydrogen) atoms. The molecule has 28 heteroatoms. The number of carboxylic acid groups (broad SMARTS) is 1. The predicted octanol–water partition coefficient (Wildman–Crippen LogP) is 4.08. The van der Waals surface area contributed by atoms with Crippen molar-refractivity contribution >= 4 is 60.3 Å². The zero-order valence-corrected chi connectivity index (χ0v) is 49.6. The number of amides is 1. The first kappa shape index (κ1) is 66.5. The summed E-state index contributed by atoms with van der Waals surface area (Å²) in [5.41, 5.74) is 0.922. The minimum atomic E-state index is -4.90. The van der Waals surface area contributed by atoms with E-state index in [0.29, 0.717) is 44.3 Å². The Balaban J connectivity index is 0.914. The van der Waals surface area contributed by atoms with E-state index in [-0.39, 0.29) is 71.4 Å². The third-order valence-corrected chi connectivity index (χ3v) is 18.4. The number of anilines is 1. The van der Waals surface area contributed by atoms with Crippen LogP contribution in [0.5, 0.6) is 0 Å². The van der Waals surface area contributed by atoms with E-state index in [1.165, 1.54) is 32.0 Å². The number of nitrogens with zero attached hydrogens (tertiary/aromatic N) is 3. The number of carbonyl (C=O) groups is 4. The average Bonchev–Trinajstić information content (AvgIpc) is 0.902. The number of nitrogens with one attached hydrogen (secondary N) is 1. The number of aliphatic hydroxyl groups excluding tert-OH is 5. The van der Waals surface area contributed by atoms with Gasteiger partial charge in [-0.3, -0.25) is 23.4 Å². The zero-order chi connectivity index (χ0) is 62.2. The maximum atomic E-state index is 14.3. The number of aliphatic carboxylic acids is 1. The molecule has 4 aliphatic rings. The summed E-state index contributed by atoms with van der Waals surface area (Å²) >= 11 is 0. The number of rotatable bonds is 26. The van der Waals surface area contributed by atoms with Crippen LogP contribution in [0.4, 0.5) is 5.69 Å². The van der Waals surface area contributed by atoms with Gasteiger partial charge in [0.25, 0.3) is 20.2 Å². The van der Waals surface area contributed by atoms with Gasteiger partial charge in [0.15, 0.2) is 24.8 Å². The predicted molar refractivity (Wildman–Crippen MR) is 302 cm³/mol. The summed E-state index contributed by atoms with van der Waals surface area (Å²) in [6.07, 6.45) is -10.3. The second-order valence-corrected chi connectivity index (χ2v) is 25.9. The normalized spacial score (nSPS) is 28.9. The largest absolute Gasteiger partial charge is 0.479 e. The second-order valence-electron chi connectivity index (χ2n) is 23.1. The van der Waals surface area contributed by atoms with E-state index in [1.807, 2.05) is 0 Å². The molecule has 2 saturated heterocycles. The highest BCUT2D eigenvalue weighted by Crippen LogP contribution is 2.41. The number of aliphatic hydroxyl groups is 5. The fraction of sp³-hybridized carbons (Fsp3) is 0.621. The number of aryl methyl sites for hydroxylation is 3. The minimum Gasteiger partial charge on any atom is -0.479 e. The van der Waals surface area contributed by atoms with Gasteiger partial charge in [-0.15, -0.1) is 5.10 Å². The lowest BCUT2D eigenvalue weighted by atomic mass is 9.75. The molecule has 2 aliphatic carbocycles. The van der Waals surface area contributed by atoms with Crippen molar-refractivity contribution in [3.63, 3.8) is 0 Å². The van der Waals surface area contributed by atoms with E-state index in [2.05, 4.69) is 15.6 Å². The number of hydrogen-bond donors (Lipinski definition) is 9. The zero-order valence-electron chi connectivity index (χ0n) is 48.0. The highest BCUT2D eigenvalue weighted by atomic mass is 32.2. The topological polar surface area (TPSA) is 397 Å². The van der Waals surface area contributed by atoms with Gasteiger partial charge in [-0.05, 0) is 119 Å². The van der Waals surface area contributed by atoms with Crippen molar-refractivity contribution in [2.75, 3.05) is 11.9 Å². The van der Waals surface area contributed by atoms with Crippen LogP contribution in [-0.2, 0) is 76.0 Å². The van der Waals surface area contributed by atoms with Gasteiger partial charge in [0.2, 0.25) is 5.91 Å². The summed E-state index contributed by atoms with van der Waals surface area (Å²) in [4.78, 5) is 52.9. The highest BCUT2D eigenvalue weighted by Gasteiger charge is 2.54. The van der Waals surface area contributed by atoms with Crippen molar-refractivity contribution in [1.82, 2.24) is 15.0 Å². The molecular formula is C58H78N4O22S2. The Morgan fingerprint density at radius 1 is 0.779 bits per heavy atom. The molecule has 2 aliphatic heterocycles. The summed E-state index contributed by atoms with van der Waals surface area (Å²) < 4.78 is 108. The number of carbonyl (C=O) groups excluding carboxylic acids is 3. The molecular weight excluding hydrogens is 1170 g/mol. The standard InChI is InChI=1S/C58H78N4O22S2/c1-31-24-38-44(85(73,74)75)22-21-39(47(38)45(25-31)86(76,77)78)59-46(65)20-12-13-23-62-29-37(60-61-62)18-10-11-19-40(64)36-26-32(2)52(84-57-51(69)50(68)48(66)33(3)79-57)41(28-36)81-58-54(83-56(72)35-16-8-5-9-17-35)53(49(67)43(30-63)82-58)80-42(55(70)71)27-34-14-6-4-7-15-34/h5,8-9,16-17,21-22,24-25,29,32-34,36,41-43,48-54,57-58,63,66-69H,4,6-7,10-15,18-20,23,26-28,30H2,1-3H3,(H,59,65)(H,70,71)(H,73,74,75)(H,76,77,78)/t32?,33?,36?,41?,42-,43?,48?,49?,50?,51?,52?,53?,54?,57?,58?/m0/s1. The highest BCUT2D eigenvalue weighted by molar-refractivity contribution is 7.86. The van der Waals surface area contributed by atoms with Crippen LogP contribution in [0, 0.1) is 24.7 Å². The minimum absolute atomic E-state index is 0.00479. The number of esters is 1. The first-order valence-corrected chi connectivity index (χ1v) is 32.0. The Labute approximate surface area is 497 Å². The quantitative estimate of drug-likeness (QED) is 0.0243. The lowest BCUT2D eigenvalue weighted by Crippen LogP contribution is -2.64. The van der Waals surface area contributed by atoms with Crippen LogP contribution in [0.25, 0.3) is 10.8 Å². The number of hydrogen-bond acceptors (Lipinski definition) is 21. The Morgan fingerprint density at radius 2 is 1.49 bits per heavy atom. The van der Waals surface area contributed by atoms with E-state index in [0.717, 1.165) is 50.3 Å². The second kappa shape index (κ2) is 29.3. The Kier molecular flexibility index (Phi) is 22.6. The molecule has 3 aromatic carbocycles. The molecule has 26 nitrogen and oxygen atoms in total. The maximum absolute atomic E-state index is 14.3. The van der Waals surface area contributed by atoms with Gasteiger partial charge in [-0.25, -0.2) is 9.59 Å². The van der Waals surface area contributed by atoms with Crippen LogP contribution in [0.3, 0.4) is 0 Å². The smallest absolute Gasteiger partial charge is 0.338 e. The summed E-state index contributed by atoms with van der Waals surface area (Å²) in [7, 11) is -9.73. The van der Waals surface area contributed by atoms with Crippen molar-refractivity contribution in [2.24, 2.45) is 17.8 Å². The van der Waals surface area contributed by atoms with E-state index < -0.39 is 146 Å². The van der Waals surface area contributed by atoms with Crippen LogP contribution in [0.15, 0.2) is 70.6 Å². The average molecular weight is 1250 g/mol. The molecule has 1 amide bonds. The fourth-order valence-electron chi connectivity index (χ4n) is 12.1. The molecule has 14 unspecified atom stereocenters. The van der Waals surface area contributed by atoms with Gasteiger partial charge in [0.05, 0.1) is 41.9 Å². The first-order chi connectivity index (χ1) is 40.8. The molecule has 3 heterocycles. The molecule has 0 spiro atoms. The number of carboxylic acids is 1. The molecule has 1 aromatic heterocycles. The molecule has 4 fully saturated rings. The van der Waals surface area contributed by atoms with E-state index in [1.54, 1.807) is 36.0 Å². The van der Waals surface area contributed by atoms with Gasteiger partial charge >= 0.3 is 11.9 Å². The molecule has 2 saturated carbocycles. The van der Waals surface area contributed by atoms with Crippen LogP contribution in [0.1, 0.15) is 125 Å².